The van der Waals surface area contributed by atoms with Crippen LogP contribution in [-0.4, -0.2) is 74.8 Å². The number of ether oxygens (including phenoxy) is 7. The van der Waals surface area contributed by atoms with Gasteiger partial charge in [0.05, 0.1) is 14.2 Å². The Bertz CT molecular complexity index is 967. The summed E-state index contributed by atoms with van der Waals surface area (Å²) < 4.78 is 36.5. The topological polar surface area (TPSA) is 150 Å². The molecule has 35 heavy (non-hydrogen) atoms. The molecule has 1 fully saturated rings. The first-order valence-electron chi connectivity index (χ1n) is 10.3. The minimum Gasteiger partial charge on any atom is -0.467 e. The van der Waals surface area contributed by atoms with E-state index in [1.807, 2.05) is 0 Å². The van der Waals surface area contributed by atoms with E-state index in [-0.39, 0.29) is 5.75 Å². The molecule has 5 atom stereocenters. The van der Waals surface area contributed by atoms with Crippen LogP contribution in [0.3, 0.4) is 0 Å². The van der Waals surface area contributed by atoms with Crippen LogP contribution in [0.1, 0.15) is 26.3 Å². The highest BCUT2D eigenvalue weighted by molar-refractivity contribution is 5.86. The highest BCUT2D eigenvalue weighted by atomic mass is 16.7. The molecule has 1 heterocycles. The monoisotopic (exact) mass is 494 g/mol. The van der Waals surface area contributed by atoms with Gasteiger partial charge in [-0.2, -0.15) is 0 Å². The molecule has 0 aliphatic carbocycles. The number of hydrogen-bond acceptors (Lipinski definition) is 12. The van der Waals surface area contributed by atoms with E-state index in [0.717, 1.165) is 27.9 Å². The number of carbonyl (C=O) groups excluding carboxylic acids is 5. The maximum Gasteiger partial charge on any atom is 0.339 e. The lowest BCUT2D eigenvalue weighted by Gasteiger charge is -2.43. The van der Waals surface area contributed by atoms with Crippen molar-refractivity contribution < 1.29 is 57.1 Å². The van der Waals surface area contributed by atoms with Gasteiger partial charge in [-0.25, -0.2) is 9.59 Å². The van der Waals surface area contributed by atoms with Gasteiger partial charge in [0.25, 0.3) is 0 Å². The van der Waals surface area contributed by atoms with Crippen LogP contribution in [0.5, 0.6) is 5.75 Å². The van der Waals surface area contributed by atoms with Gasteiger partial charge in [0.1, 0.15) is 5.75 Å². The molecule has 1 aromatic carbocycles. The second kappa shape index (κ2) is 12.5. The molecular formula is C23H26O12. The molecule has 0 saturated carbocycles. The predicted octanol–water partition coefficient (Wildman–Crippen LogP) is 0.945. The Labute approximate surface area is 201 Å². The van der Waals surface area contributed by atoms with Gasteiger partial charge in [0.15, 0.2) is 18.3 Å². The van der Waals surface area contributed by atoms with E-state index < -0.39 is 60.6 Å². The molecule has 2 rings (SSSR count). The first-order chi connectivity index (χ1) is 16.5. The number of rotatable bonds is 8. The Morgan fingerprint density at radius 1 is 0.771 bits per heavy atom. The third-order valence-electron chi connectivity index (χ3n) is 4.58. The molecular weight excluding hydrogens is 468 g/mol. The van der Waals surface area contributed by atoms with Gasteiger partial charge in [-0.15, -0.1) is 0 Å². The molecule has 0 amide bonds. The Hall–Kier alpha value is -3.93. The van der Waals surface area contributed by atoms with Gasteiger partial charge in [0, 0.05) is 26.8 Å². The minimum atomic E-state index is -1.56. The Kier molecular flexibility index (Phi) is 9.76. The summed E-state index contributed by atoms with van der Waals surface area (Å²) in [5.41, 5.74) is 0.643. The zero-order chi connectivity index (χ0) is 26.1. The van der Waals surface area contributed by atoms with Crippen molar-refractivity contribution in [3.8, 4) is 5.75 Å². The van der Waals surface area contributed by atoms with Crippen LogP contribution in [0.2, 0.25) is 0 Å². The fourth-order valence-electron chi connectivity index (χ4n) is 3.20. The minimum absolute atomic E-state index is 0.221. The molecule has 1 aromatic rings. The average molecular weight is 494 g/mol. The van der Waals surface area contributed by atoms with E-state index in [1.165, 1.54) is 31.4 Å². The lowest BCUT2D eigenvalue weighted by Crippen LogP contribution is -2.64. The molecule has 12 heteroatoms. The SMILES string of the molecule is COC(=O)/C=C/c1ccc(O[C@@H]2O[C@H](C(=O)OC)[C@@H](OC(C)=O)[C@H](OC(C)=O)[C@H]2OC(C)=O)cc1. The first kappa shape index (κ1) is 27.3. The zero-order valence-electron chi connectivity index (χ0n) is 19.7. The standard InChI is InChI=1S/C23H26O12/c1-12(24)31-18-19(32-13(2)25)21(33-14(3)26)23(35-20(18)22(28)30-5)34-16-9-6-15(7-10-16)8-11-17(27)29-4/h6-11,18-21,23H,1-5H3/b11-8+/t18-,19-,20-,21+,23+/m0/s1. The molecule has 1 aliphatic heterocycles. The van der Waals surface area contributed by atoms with E-state index >= 15 is 0 Å². The molecule has 0 spiro atoms. The number of hydrogen-bond donors (Lipinski definition) is 0. The molecule has 0 bridgehead atoms. The van der Waals surface area contributed by atoms with Gasteiger partial charge < -0.3 is 33.2 Å². The maximum absolute atomic E-state index is 12.4. The van der Waals surface area contributed by atoms with Crippen molar-refractivity contribution in [1.82, 2.24) is 0 Å². The third kappa shape index (κ3) is 7.81. The number of esters is 5. The predicted molar refractivity (Wildman–Crippen MR) is 115 cm³/mol. The van der Waals surface area contributed by atoms with Crippen LogP contribution in [0.25, 0.3) is 6.08 Å². The van der Waals surface area contributed by atoms with Gasteiger partial charge in [-0.1, -0.05) is 12.1 Å². The number of benzene rings is 1. The zero-order valence-corrected chi connectivity index (χ0v) is 19.7. The van der Waals surface area contributed by atoms with Crippen LogP contribution in [0.4, 0.5) is 0 Å². The summed E-state index contributed by atoms with van der Waals surface area (Å²) in [4.78, 5) is 59.0. The van der Waals surface area contributed by atoms with E-state index in [0.29, 0.717) is 5.56 Å². The van der Waals surface area contributed by atoms with Crippen molar-refractivity contribution in [2.24, 2.45) is 0 Å². The Morgan fingerprint density at radius 3 is 1.83 bits per heavy atom. The highest BCUT2D eigenvalue weighted by Crippen LogP contribution is 2.31. The van der Waals surface area contributed by atoms with Crippen LogP contribution in [0, 0.1) is 0 Å². The van der Waals surface area contributed by atoms with Crippen molar-refractivity contribution in [3.05, 3.63) is 35.9 Å². The molecule has 0 unspecified atom stereocenters. The van der Waals surface area contributed by atoms with Crippen LogP contribution in [0.15, 0.2) is 30.3 Å². The summed E-state index contributed by atoms with van der Waals surface area (Å²) in [7, 11) is 2.34. The normalized spacial score (nSPS) is 23.6. The molecule has 190 valence electrons. The fraction of sp³-hybridized carbons (Fsp3) is 0.435. The van der Waals surface area contributed by atoms with Gasteiger partial charge in [-0.05, 0) is 23.8 Å². The summed E-state index contributed by atoms with van der Waals surface area (Å²) in [6.07, 6.45) is -4.63. The molecule has 1 saturated heterocycles. The summed E-state index contributed by atoms with van der Waals surface area (Å²) in [6.45, 7) is 3.28. The van der Waals surface area contributed by atoms with Crippen molar-refractivity contribution in [1.29, 1.82) is 0 Å². The van der Waals surface area contributed by atoms with E-state index in [4.69, 9.17) is 28.4 Å². The molecule has 12 nitrogen and oxygen atoms in total. The van der Waals surface area contributed by atoms with Gasteiger partial charge >= 0.3 is 29.8 Å². The summed E-state index contributed by atoms with van der Waals surface area (Å²) >= 11 is 0. The lowest BCUT2D eigenvalue weighted by atomic mass is 9.97. The van der Waals surface area contributed by atoms with Crippen molar-refractivity contribution in [3.63, 3.8) is 0 Å². The summed E-state index contributed by atoms with van der Waals surface area (Å²) in [5, 5.41) is 0. The summed E-state index contributed by atoms with van der Waals surface area (Å²) in [6, 6.07) is 6.28. The molecule has 0 N–H and O–H groups in total. The van der Waals surface area contributed by atoms with Crippen molar-refractivity contribution in [2.45, 2.75) is 51.5 Å². The highest BCUT2D eigenvalue weighted by Gasteiger charge is 2.55. The number of methoxy groups -OCH3 is 2. The van der Waals surface area contributed by atoms with Crippen molar-refractivity contribution >= 4 is 35.9 Å². The van der Waals surface area contributed by atoms with Gasteiger partial charge in [0.2, 0.25) is 12.4 Å². The molecule has 0 radical (unpaired) electrons. The van der Waals surface area contributed by atoms with Crippen LogP contribution < -0.4 is 4.74 Å². The quantitative estimate of drug-likeness (QED) is 0.287. The smallest absolute Gasteiger partial charge is 0.339 e. The van der Waals surface area contributed by atoms with Crippen LogP contribution >= 0.6 is 0 Å². The van der Waals surface area contributed by atoms with Crippen LogP contribution in [-0.2, 0) is 52.4 Å². The van der Waals surface area contributed by atoms with Gasteiger partial charge in [-0.3, -0.25) is 14.4 Å². The largest absolute Gasteiger partial charge is 0.467 e. The van der Waals surface area contributed by atoms with E-state index in [1.54, 1.807) is 12.1 Å². The Balaban J connectivity index is 2.40. The number of carbonyl (C=O) groups is 5. The Morgan fingerprint density at radius 2 is 1.31 bits per heavy atom. The van der Waals surface area contributed by atoms with Crippen molar-refractivity contribution in [2.75, 3.05) is 14.2 Å². The first-order valence-corrected chi connectivity index (χ1v) is 10.3. The molecule has 0 aromatic heterocycles. The second-order valence-electron chi connectivity index (χ2n) is 7.21. The fourth-order valence-corrected chi connectivity index (χ4v) is 3.20. The third-order valence-corrected chi connectivity index (χ3v) is 4.58. The summed E-state index contributed by atoms with van der Waals surface area (Å²) in [5.74, 6) is -3.62. The average Bonchev–Trinajstić information content (AvgIpc) is 2.80. The molecule has 1 aliphatic rings. The van der Waals surface area contributed by atoms with E-state index in [9.17, 15) is 24.0 Å². The second-order valence-corrected chi connectivity index (χ2v) is 7.21. The van der Waals surface area contributed by atoms with E-state index in [2.05, 4.69) is 4.74 Å². The maximum atomic E-state index is 12.4. The lowest BCUT2D eigenvalue weighted by molar-refractivity contribution is -0.282.